The van der Waals surface area contributed by atoms with Crippen LogP contribution in [-0.2, 0) is 8.85 Å². The van der Waals surface area contributed by atoms with Gasteiger partial charge in [0.25, 0.3) is 0 Å². The molecule has 4 unspecified atom stereocenters. The van der Waals surface area contributed by atoms with Crippen molar-refractivity contribution >= 4 is 18.9 Å². The van der Waals surface area contributed by atoms with Crippen molar-refractivity contribution in [2.75, 3.05) is 13.2 Å². The zero-order valence-corrected chi connectivity index (χ0v) is 12.7. The zero-order valence-electron chi connectivity index (χ0n) is 11.0. The quantitative estimate of drug-likeness (QED) is 0.416. The maximum absolute atomic E-state index is 6.68. The third-order valence-electron chi connectivity index (χ3n) is 4.20. The Balaban J connectivity index is 2.06. The van der Waals surface area contributed by atoms with Gasteiger partial charge >= 0.3 is 7.87 Å². The first-order valence-electron chi connectivity index (χ1n) is 6.75. The first kappa shape index (κ1) is 13.6. The highest BCUT2D eigenvalue weighted by Crippen LogP contribution is 2.52. The molecule has 0 spiro atoms. The molecule has 0 saturated heterocycles. The van der Waals surface area contributed by atoms with Crippen LogP contribution < -0.4 is 0 Å². The molecule has 0 heterocycles. The molecule has 2 bridgehead atoms. The molecule has 2 aliphatic rings. The SMILES string of the molecule is CCO[Si](Cl)(OCC)C(C)C1CC2C=CC1C2. The molecule has 2 rings (SSSR count). The molecule has 98 valence electrons. The zero-order chi connectivity index (χ0) is 12.5. The van der Waals surface area contributed by atoms with Gasteiger partial charge in [-0.1, -0.05) is 30.2 Å². The number of rotatable bonds is 6. The summed E-state index contributed by atoms with van der Waals surface area (Å²) in [5, 5.41) is 0. The first-order valence-corrected chi connectivity index (χ1v) is 9.66. The molecule has 0 N–H and O–H groups in total. The number of halogens is 1. The molecular formula is C13H23ClO2Si. The van der Waals surface area contributed by atoms with E-state index in [2.05, 4.69) is 19.1 Å². The van der Waals surface area contributed by atoms with Crippen molar-refractivity contribution in [1.82, 2.24) is 0 Å². The smallest absolute Gasteiger partial charge is 0.383 e. The summed E-state index contributed by atoms with van der Waals surface area (Å²) in [5.74, 6) is 2.15. The van der Waals surface area contributed by atoms with E-state index in [0.717, 1.165) is 5.92 Å². The van der Waals surface area contributed by atoms with E-state index < -0.39 is 7.87 Å². The molecule has 0 aromatic carbocycles. The second-order valence-electron chi connectivity index (χ2n) is 5.18. The molecule has 1 fully saturated rings. The van der Waals surface area contributed by atoms with Gasteiger partial charge in [0, 0.05) is 18.8 Å². The summed E-state index contributed by atoms with van der Waals surface area (Å²) in [6, 6.07) is 0. The van der Waals surface area contributed by atoms with Crippen LogP contribution in [-0.4, -0.2) is 21.1 Å². The van der Waals surface area contributed by atoms with Crippen molar-refractivity contribution in [1.29, 1.82) is 0 Å². The third kappa shape index (κ3) is 2.62. The third-order valence-corrected chi connectivity index (χ3v) is 8.77. The van der Waals surface area contributed by atoms with Crippen LogP contribution >= 0.6 is 11.1 Å². The van der Waals surface area contributed by atoms with Crippen LogP contribution in [0.25, 0.3) is 0 Å². The van der Waals surface area contributed by atoms with Gasteiger partial charge in [-0.15, -0.1) is 0 Å². The lowest BCUT2D eigenvalue weighted by Gasteiger charge is -2.35. The van der Waals surface area contributed by atoms with E-state index in [9.17, 15) is 0 Å². The Labute approximate surface area is 110 Å². The lowest BCUT2D eigenvalue weighted by molar-refractivity contribution is 0.181. The first-order chi connectivity index (χ1) is 8.10. The van der Waals surface area contributed by atoms with Gasteiger partial charge in [-0.3, -0.25) is 0 Å². The molecule has 1 saturated carbocycles. The minimum absolute atomic E-state index is 0.365. The number of fused-ring (bicyclic) bond motifs is 2. The number of allylic oxidation sites excluding steroid dienone is 2. The maximum Gasteiger partial charge on any atom is 0.446 e. The Hall–Kier alpha value is 0.167. The lowest BCUT2D eigenvalue weighted by atomic mass is 9.91. The molecule has 0 amide bonds. The summed E-state index contributed by atoms with van der Waals surface area (Å²) in [4.78, 5) is 0. The summed E-state index contributed by atoms with van der Waals surface area (Å²) < 4.78 is 11.6. The van der Waals surface area contributed by atoms with Crippen molar-refractivity contribution in [2.45, 2.75) is 39.2 Å². The van der Waals surface area contributed by atoms with E-state index in [4.69, 9.17) is 19.9 Å². The monoisotopic (exact) mass is 274 g/mol. The average molecular weight is 275 g/mol. The molecule has 4 heteroatoms. The molecule has 2 aliphatic carbocycles. The van der Waals surface area contributed by atoms with Crippen LogP contribution in [0.4, 0.5) is 0 Å². The van der Waals surface area contributed by atoms with Crippen LogP contribution in [0.2, 0.25) is 5.54 Å². The fourth-order valence-corrected chi connectivity index (χ4v) is 6.78. The minimum Gasteiger partial charge on any atom is -0.383 e. The standard InChI is InChI=1S/C13H23ClO2Si/c1-4-15-17(14,16-5-2)10(3)13-9-11-6-7-12(13)8-11/h6-7,10-13H,4-5,8-9H2,1-3H3. The Morgan fingerprint density at radius 3 is 2.29 bits per heavy atom. The fourth-order valence-electron chi connectivity index (χ4n) is 3.35. The van der Waals surface area contributed by atoms with E-state index in [1.807, 2.05) is 13.8 Å². The van der Waals surface area contributed by atoms with Crippen molar-refractivity contribution in [3.05, 3.63) is 12.2 Å². The molecule has 2 nitrogen and oxygen atoms in total. The largest absolute Gasteiger partial charge is 0.446 e. The molecule has 0 aromatic heterocycles. The molecule has 0 radical (unpaired) electrons. The van der Waals surface area contributed by atoms with Gasteiger partial charge in [-0.25, -0.2) is 0 Å². The van der Waals surface area contributed by atoms with Crippen molar-refractivity contribution < 1.29 is 8.85 Å². The summed E-state index contributed by atoms with van der Waals surface area (Å²) >= 11 is 6.68. The van der Waals surface area contributed by atoms with Gasteiger partial charge in [0.05, 0.1) is 0 Å². The van der Waals surface area contributed by atoms with E-state index in [0.29, 0.717) is 30.6 Å². The van der Waals surface area contributed by atoms with Crippen molar-refractivity contribution in [3.63, 3.8) is 0 Å². The Bertz CT molecular complexity index is 289. The normalized spacial score (nSPS) is 33.3. The van der Waals surface area contributed by atoms with Crippen molar-refractivity contribution in [2.24, 2.45) is 17.8 Å². The van der Waals surface area contributed by atoms with Crippen LogP contribution in [0, 0.1) is 17.8 Å². The van der Waals surface area contributed by atoms with Crippen LogP contribution in [0.5, 0.6) is 0 Å². The van der Waals surface area contributed by atoms with E-state index >= 15 is 0 Å². The van der Waals surface area contributed by atoms with Crippen molar-refractivity contribution in [3.8, 4) is 0 Å². The van der Waals surface area contributed by atoms with Gasteiger partial charge in [-0.2, -0.15) is 0 Å². The lowest BCUT2D eigenvalue weighted by Crippen LogP contribution is -2.44. The Morgan fingerprint density at radius 1 is 1.24 bits per heavy atom. The van der Waals surface area contributed by atoms with Crippen LogP contribution in [0.15, 0.2) is 12.2 Å². The minimum atomic E-state index is -2.52. The second-order valence-corrected chi connectivity index (χ2v) is 9.41. The predicted molar refractivity (Wildman–Crippen MR) is 73.1 cm³/mol. The van der Waals surface area contributed by atoms with Gasteiger partial charge in [0.15, 0.2) is 0 Å². The highest BCUT2D eigenvalue weighted by molar-refractivity contribution is 7.13. The van der Waals surface area contributed by atoms with Gasteiger partial charge < -0.3 is 8.85 Å². The van der Waals surface area contributed by atoms with Gasteiger partial charge in [0.2, 0.25) is 0 Å². The molecule has 0 aromatic rings. The highest BCUT2D eigenvalue weighted by atomic mass is 35.6. The Kier molecular flexibility index (Phi) is 4.34. The molecule has 17 heavy (non-hydrogen) atoms. The predicted octanol–water partition coefficient (Wildman–Crippen LogP) is 3.84. The maximum atomic E-state index is 6.68. The molecule has 4 atom stereocenters. The highest BCUT2D eigenvalue weighted by Gasteiger charge is 2.51. The topological polar surface area (TPSA) is 18.5 Å². The summed E-state index contributed by atoms with van der Waals surface area (Å²) in [7, 11) is -2.52. The summed E-state index contributed by atoms with van der Waals surface area (Å²) in [5.41, 5.74) is 0.365. The van der Waals surface area contributed by atoms with E-state index in [1.54, 1.807) is 0 Å². The second kappa shape index (κ2) is 5.43. The van der Waals surface area contributed by atoms with Crippen LogP contribution in [0.3, 0.4) is 0 Å². The van der Waals surface area contributed by atoms with Gasteiger partial charge in [-0.05, 0) is 44.4 Å². The number of hydrogen-bond donors (Lipinski definition) is 0. The molecular weight excluding hydrogens is 252 g/mol. The van der Waals surface area contributed by atoms with E-state index in [1.165, 1.54) is 12.8 Å². The fraction of sp³-hybridized carbons (Fsp3) is 0.846. The van der Waals surface area contributed by atoms with Gasteiger partial charge in [0.1, 0.15) is 0 Å². The van der Waals surface area contributed by atoms with E-state index in [-0.39, 0.29) is 0 Å². The number of hydrogen-bond acceptors (Lipinski definition) is 2. The van der Waals surface area contributed by atoms with Crippen LogP contribution in [0.1, 0.15) is 33.6 Å². The molecule has 0 aliphatic heterocycles. The summed E-state index contributed by atoms with van der Waals surface area (Å²) in [6.45, 7) is 7.52. The average Bonchev–Trinajstić information content (AvgIpc) is 2.90. The summed E-state index contributed by atoms with van der Waals surface area (Å²) in [6.07, 6.45) is 7.32. The Morgan fingerprint density at radius 2 is 1.88 bits per heavy atom.